The van der Waals surface area contributed by atoms with E-state index < -0.39 is 0 Å². The molecule has 0 saturated carbocycles. The molecule has 6 nitrogen and oxygen atoms in total. The molecule has 7 heteroatoms. The van der Waals surface area contributed by atoms with Crippen LogP contribution in [0.5, 0.6) is 0 Å². The topological polar surface area (TPSA) is 55.1 Å². The van der Waals surface area contributed by atoms with E-state index in [0.717, 1.165) is 25.3 Å². The second kappa shape index (κ2) is 4.96. The lowest BCUT2D eigenvalue weighted by atomic mass is 10.3. The van der Waals surface area contributed by atoms with Gasteiger partial charge in [-0.05, 0) is 13.1 Å². The van der Waals surface area contributed by atoms with Gasteiger partial charge in [-0.2, -0.15) is 5.10 Å². The van der Waals surface area contributed by atoms with Gasteiger partial charge in [-0.25, -0.2) is 0 Å². The molecule has 0 bridgehead atoms. The molecule has 1 N–H and O–H groups in total. The van der Waals surface area contributed by atoms with E-state index in [4.69, 9.17) is 11.6 Å². The molecule has 1 aliphatic rings. The number of aromatic nitrogens is 3. The highest BCUT2D eigenvalue weighted by Gasteiger charge is 2.16. The van der Waals surface area contributed by atoms with E-state index in [-0.39, 0.29) is 5.56 Å². The number of anilines is 2. The van der Waals surface area contributed by atoms with Gasteiger partial charge in [-0.15, -0.1) is 0 Å². The maximum atomic E-state index is 12.0. The van der Waals surface area contributed by atoms with Crippen molar-refractivity contribution >= 4 is 23.1 Å². The molecule has 20 heavy (non-hydrogen) atoms. The molecular formula is C13H16ClN5O. The number of likely N-dealkylation sites (N-methyl/N-ethyl adjacent to an activating group) is 1. The van der Waals surface area contributed by atoms with E-state index in [1.54, 1.807) is 19.3 Å². The van der Waals surface area contributed by atoms with Crippen molar-refractivity contribution in [2.45, 2.75) is 13.1 Å². The number of fused-ring (bicyclic) bond motifs is 1. The van der Waals surface area contributed by atoms with Crippen molar-refractivity contribution < 1.29 is 0 Å². The first-order chi connectivity index (χ1) is 9.52. The van der Waals surface area contributed by atoms with Crippen LogP contribution in [-0.4, -0.2) is 32.8 Å². The third-order valence-electron chi connectivity index (χ3n) is 3.40. The summed E-state index contributed by atoms with van der Waals surface area (Å²) in [5, 5.41) is 8.04. The van der Waals surface area contributed by atoms with Gasteiger partial charge in [-0.3, -0.25) is 14.4 Å². The quantitative estimate of drug-likeness (QED) is 0.910. The van der Waals surface area contributed by atoms with Gasteiger partial charge in [0.05, 0.1) is 17.3 Å². The molecule has 0 amide bonds. The third kappa shape index (κ3) is 2.44. The molecule has 0 aliphatic carbocycles. The van der Waals surface area contributed by atoms with E-state index in [1.165, 1.54) is 4.57 Å². The van der Waals surface area contributed by atoms with Crippen molar-refractivity contribution in [1.29, 1.82) is 0 Å². The first-order valence-electron chi connectivity index (χ1n) is 6.41. The van der Waals surface area contributed by atoms with Gasteiger partial charge in [0.2, 0.25) is 0 Å². The van der Waals surface area contributed by atoms with Gasteiger partial charge in [0, 0.05) is 32.4 Å². The van der Waals surface area contributed by atoms with Crippen LogP contribution >= 0.6 is 11.6 Å². The van der Waals surface area contributed by atoms with Crippen LogP contribution in [0.15, 0.2) is 23.1 Å². The summed E-state index contributed by atoms with van der Waals surface area (Å²) in [4.78, 5) is 14.3. The average molecular weight is 294 g/mol. The Morgan fingerprint density at radius 1 is 1.30 bits per heavy atom. The number of pyridine rings is 1. The van der Waals surface area contributed by atoms with Gasteiger partial charge >= 0.3 is 0 Å². The van der Waals surface area contributed by atoms with E-state index in [9.17, 15) is 4.79 Å². The Morgan fingerprint density at radius 2 is 2.10 bits per heavy atom. The molecule has 2 aromatic heterocycles. The Labute approximate surface area is 121 Å². The molecule has 3 heterocycles. The molecule has 0 radical (unpaired) electrons. The Kier molecular flexibility index (Phi) is 3.27. The highest BCUT2D eigenvalue weighted by atomic mass is 35.5. The second-order valence-corrected chi connectivity index (χ2v) is 5.53. The molecular weight excluding hydrogens is 278 g/mol. The van der Waals surface area contributed by atoms with Crippen molar-refractivity contribution in [2.24, 2.45) is 7.05 Å². The van der Waals surface area contributed by atoms with Crippen LogP contribution in [0.4, 0.5) is 11.5 Å². The van der Waals surface area contributed by atoms with E-state index in [2.05, 4.69) is 22.4 Å². The number of nitrogens with zero attached hydrogens (tertiary/aromatic N) is 4. The zero-order valence-electron chi connectivity index (χ0n) is 11.4. The van der Waals surface area contributed by atoms with Gasteiger partial charge in [0.1, 0.15) is 5.69 Å². The lowest BCUT2D eigenvalue weighted by molar-refractivity contribution is 0.259. The minimum Gasteiger partial charge on any atom is -0.334 e. The minimum atomic E-state index is -0.127. The fourth-order valence-corrected chi connectivity index (χ4v) is 2.61. The minimum absolute atomic E-state index is 0.127. The summed E-state index contributed by atoms with van der Waals surface area (Å²) >= 11 is 5.98. The number of aryl methyl sites for hydroxylation is 1. The van der Waals surface area contributed by atoms with Gasteiger partial charge in [0.15, 0.2) is 5.82 Å². The summed E-state index contributed by atoms with van der Waals surface area (Å²) in [6.07, 6.45) is 1.59. The summed E-state index contributed by atoms with van der Waals surface area (Å²) in [5.41, 5.74) is 1.45. The molecule has 0 unspecified atom stereocenters. The molecule has 0 fully saturated rings. The molecule has 3 rings (SSSR count). The number of hydrogen-bond donors (Lipinski definition) is 1. The van der Waals surface area contributed by atoms with E-state index in [0.29, 0.717) is 16.5 Å². The van der Waals surface area contributed by atoms with Gasteiger partial charge in [0.25, 0.3) is 5.56 Å². The zero-order valence-corrected chi connectivity index (χ0v) is 12.2. The Hall–Kier alpha value is -1.79. The first kappa shape index (κ1) is 13.2. The standard InChI is InChI=1S/C13H16ClN5O/c1-17-3-4-19-10(8-17)6-12(16-19)15-11-5-9(14)7-18(2)13(11)20/h5-7H,3-4,8H2,1-2H3,(H,15,16). The lowest BCUT2D eigenvalue weighted by Gasteiger charge is -2.22. The van der Waals surface area contributed by atoms with Crippen LogP contribution in [0.25, 0.3) is 0 Å². The average Bonchev–Trinajstić information content (AvgIpc) is 2.76. The molecule has 0 saturated heterocycles. The fourth-order valence-electron chi connectivity index (χ4n) is 2.36. The highest BCUT2D eigenvalue weighted by Crippen LogP contribution is 2.19. The van der Waals surface area contributed by atoms with Gasteiger partial charge < -0.3 is 9.88 Å². The van der Waals surface area contributed by atoms with Crippen molar-refractivity contribution in [2.75, 3.05) is 18.9 Å². The maximum absolute atomic E-state index is 12.0. The molecule has 2 aromatic rings. The third-order valence-corrected chi connectivity index (χ3v) is 3.61. The van der Waals surface area contributed by atoms with Gasteiger partial charge in [-0.1, -0.05) is 11.6 Å². The number of halogens is 1. The normalized spacial score (nSPS) is 15.2. The Bertz CT molecular complexity index is 705. The van der Waals surface area contributed by atoms with Crippen LogP contribution in [-0.2, 0) is 20.1 Å². The lowest BCUT2D eigenvalue weighted by Crippen LogP contribution is -2.30. The predicted molar refractivity (Wildman–Crippen MR) is 78.5 cm³/mol. The Morgan fingerprint density at radius 3 is 2.90 bits per heavy atom. The van der Waals surface area contributed by atoms with Crippen LogP contribution in [0.1, 0.15) is 5.69 Å². The summed E-state index contributed by atoms with van der Waals surface area (Å²) in [6.45, 7) is 2.70. The first-order valence-corrected chi connectivity index (χ1v) is 6.79. The van der Waals surface area contributed by atoms with Crippen LogP contribution < -0.4 is 10.9 Å². The van der Waals surface area contributed by atoms with E-state index >= 15 is 0 Å². The second-order valence-electron chi connectivity index (χ2n) is 5.09. The number of rotatable bonds is 2. The maximum Gasteiger partial charge on any atom is 0.274 e. The van der Waals surface area contributed by atoms with Crippen molar-refractivity contribution in [3.8, 4) is 0 Å². The predicted octanol–water partition coefficient (Wildman–Crippen LogP) is 1.42. The Balaban J connectivity index is 1.91. The van der Waals surface area contributed by atoms with Crippen molar-refractivity contribution in [1.82, 2.24) is 19.2 Å². The van der Waals surface area contributed by atoms with Crippen LogP contribution in [0, 0.1) is 0 Å². The molecule has 0 spiro atoms. The molecule has 106 valence electrons. The molecule has 1 aliphatic heterocycles. The van der Waals surface area contributed by atoms with Crippen molar-refractivity contribution in [3.63, 3.8) is 0 Å². The molecule has 0 atom stereocenters. The number of hydrogen-bond acceptors (Lipinski definition) is 4. The van der Waals surface area contributed by atoms with Crippen LogP contribution in [0.2, 0.25) is 5.02 Å². The van der Waals surface area contributed by atoms with Crippen LogP contribution in [0.3, 0.4) is 0 Å². The zero-order chi connectivity index (χ0) is 14.3. The summed E-state index contributed by atoms with van der Waals surface area (Å²) in [5.74, 6) is 0.676. The summed E-state index contributed by atoms with van der Waals surface area (Å²) in [6, 6.07) is 3.59. The van der Waals surface area contributed by atoms with E-state index in [1.807, 2.05) is 10.7 Å². The SMILES string of the molecule is CN1CCn2nc(Nc3cc(Cl)cn(C)c3=O)cc2C1. The summed E-state index contributed by atoms with van der Waals surface area (Å²) < 4.78 is 3.42. The monoisotopic (exact) mass is 293 g/mol. The van der Waals surface area contributed by atoms with Crippen molar-refractivity contribution in [3.05, 3.63) is 39.4 Å². The fraction of sp³-hybridized carbons (Fsp3) is 0.385. The highest BCUT2D eigenvalue weighted by molar-refractivity contribution is 6.30. The smallest absolute Gasteiger partial charge is 0.274 e. The summed E-state index contributed by atoms with van der Waals surface area (Å²) in [7, 11) is 3.75. The largest absolute Gasteiger partial charge is 0.334 e. The number of nitrogens with one attached hydrogen (secondary N) is 1. The molecule has 0 aromatic carbocycles.